The van der Waals surface area contributed by atoms with Crippen molar-refractivity contribution in [3.05, 3.63) is 41.5 Å². The van der Waals surface area contributed by atoms with Gasteiger partial charge in [0.2, 0.25) is 0 Å². The molecule has 2 aromatic rings. The molecule has 0 aliphatic carbocycles. The largest absolute Gasteiger partial charge is 0.424 e. The monoisotopic (exact) mass is 215 g/mol. The van der Waals surface area contributed by atoms with Gasteiger partial charge in [0, 0.05) is 0 Å². The van der Waals surface area contributed by atoms with Gasteiger partial charge < -0.3 is 4.74 Å². The first-order chi connectivity index (χ1) is 7.66. The van der Waals surface area contributed by atoms with Gasteiger partial charge in [-0.1, -0.05) is 17.7 Å². The van der Waals surface area contributed by atoms with Crippen LogP contribution >= 0.6 is 0 Å². The van der Waals surface area contributed by atoms with Crippen molar-refractivity contribution in [3.8, 4) is 11.8 Å². The molecule has 4 heteroatoms. The molecule has 0 fully saturated rings. The van der Waals surface area contributed by atoms with Crippen LogP contribution in [-0.4, -0.2) is 15.0 Å². The Bertz CT molecular complexity index is 474. The molecule has 1 aromatic heterocycles. The van der Waals surface area contributed by atoms with Crippen molar-refractivity contribution in [1.82, 2.24) is 15.0 Å². The van der Waals surface area contributed by atoms with Gasteiger partial charge in [0.25, 0.3) is 0 Å². The van der Waals surface area contributed by atoms with Crippen molar-refractivity contribution >= 4 is 0 Å². The van der Waals surface area contributed by atoms with E-state index in [9.17, 15) is 0 Å². The molecule has 0 aliphatic heterocycles. The molecule has 0 saturated carbocycles. The average Bonchev–Trinajstić information content (AvgIpc) is 2.25. The van der Waals surface area contributed by atoms with Gasteiger partial charge in [-0.3, -0.25) is 0 Å². The first kappa shape index (κ1) is 10.5. The predicted octanol–water partition coefficient (Wildman–Crippen LogP) is 2.59. The molecular weight excluding hydrogens is 202 g/mol. The van der Waals surface area contributed by atoms with E-state index < -0.39 is 0 Å². The lowest BCUT2D eigenvalue weighted by atomic mass is 10.1. The van der Waals surface area contributed by atoms with Crippen LogP contribution in [0.4, 0.5) is 0 Å². The highest BCUT2D eigenvalue weighted by atomic mass is 16.5. The van der Waals surface area contributed by atoms with E-state index in [2.05, 4.69) is 34.0 Å². The minimum absolute atomic E-state index is 0.324. The molecule has 1 aromatic carbocycles. The van der Waals surface area contributed by atoms with E-state index in [1.807, 2.05) is 13.8 Å². The second-order valence-electron chi connectivity index (χ2n) is 3.75. The lowest BCUT2D eigenvalue weighted by Crippen LogP contribution is -1.96. The van der Waals surface area contributed by atoms with E-state index in [-0.39, 0.29) is 0 Å². The minimum Gasteiger partial charge on any atom is -0.424 e. The van der Waals surface area contributed by atoms with Gasteiger partial charge in [0.15, 0.2) is 0 Å². The third-order valence-electron chi connectivity index (χ3n) is 2.27. The van der Waals surface area contributed by atoms with Crippen LogP contribution in [0.3, 0.4) is 0 Å². The quantitative estimate of drug-likeness (QED) is 0.772. The molecule has 0 aliphatic rings. The summed E-state index contributed by atoms with van der Waals surface area (Å²) in [7, 11) is 0. The van der Waals surface area contributed by atoms with Crippen molar-refractivity contribution in [3.63, 3.8) is 0 Å². The zero-order valence-corrected chi connectivity index (χ0v) is 9.56. The van der Waals surface area contributed by atoms with Crippen LogP contribution in [0.5, 0.6) is 11.8 Å². The van der Waals surface area contributed by atoms with E-state index in [4.69, 9.17) is 4.74 Å². The maximum absolute atomic E-state index is 5.63. The number of hydrogen-bond donors (Lipinski definition) is 0. The summed E-state index contributed by atoms with van der Waals surface area (Å²) in [5.41, 5.74) is 3.38. The standard InChI is InChI=1S/C12H13N3O/c1-8-4-9(2)11(10(3)5-8)16-12-14-6-13-7-15-12/h4-7H,1-3H3. The Morgan fingerprint density at radius 3 is 2.06 bits per heavy atom. The zero-order valence-electron chi connectivity index (χ0n) is 9.56. The lowest BCUT2D eigenvalue weighted by molar-refractivity contribution is 0.433. The van der Waals surface area contributed by atoms with Gasteiger partial charge in [-0.05, 0) is 31.9 Å². The zero-order chi connectivity index (χ0) is 11.5. The Morgan fingerprint density at radius 2 is 1.50 bits per heavy atom. The highest BCUT2D eigenvalue weighted by Crippen LogP contribution is 2.27. The third-order valence-corrected chi connectivity index (χ3v) is 2.27. The smallest absolute Gasteiger partial charge is 0.324 e. The summed E-state index contributed by atoms with van der Waals surface area (Å²) >= 11 is 0. The van der Waals surface area contributed by atoms with Gasteiger partial charge in [0.1, 0.15) is 18.4 Å². The van der Waals surface area contributed by atoms with Crippen molar-refractivity contribution in [2.75, 3.05) is 0 Å². The third kappa shape index (κ3) is 2.16. The predicted molar refractivity (Wildman–Crippen MR) is 60.6 cm³/mol. The Labute approximate surface area is 94.4 Å². The minimum atomic E-state index is 0.324. The molecular formula is C12H13N3O. The highest BCUT2D eigenvalue weighted by Gasteiger charge is 2.07. The number of rotatable bonds is 2. The van der Waals surface area contributed by atoms with Gasteiger partial charge in [-0.2, -0.15) is 9.97 Å². The van der Waals surface area contributed by atoms with Gasteiger partial charge in [0.05, 0.1) is 0 Å². The van der Waals surface area contributed by atoms with Crippen LogP contribution in [0.15, 0.2) is 24.8 Å². The van der Waals surface area contributed by atoms with E-state index in [0.717, 1.165) is 16.9 Å². The summed E-state index contributed by atoms with van der Waals surface area (Å²) in [4.78, 5) is 11.6. The van der Waals surface area contributed by atoms with Crippen LogP contribution in [0.25, 0.3) is 0 Å². The molecule has 0 radical (unpaired) electrons. The first-order valence-electron chi connectivity index (χ1n) is 5.04. The Balaban J connectivity index is 2.35. The molecule has 0 amide bonds. The molecule has 82 valence electrons. The van der Waals surface area contributed by atoms with Crippen LogP contribution in [0.1, 0.15) is 16.7 Å². The maximum atomic E-state index is 5.63. The molecule has 0 atom stereocenters. The Hall–Kier alpha value is -1.97. The van der Waals surface area contributed by atoms with Gasteiger partial charge in [-0.15, -0.1) is 0 Å². The second kappa shape index (κ2) is 4.26. The molecule has 2 rings (SSSR count). The van der Waals surface area contributed by atoms with Crippen LogP contribution in [0, 0.1) is 20.8 Å². The van der Waals surface area contributed by atoms with Crippen molar-refractivity contribution in [1.29, 1.82) is 0 Å². The molecule has 1 heterocycles. The summed E-state index contributed by atoms with van der Waals surface area (Å²) in [6.45, 7) is 6.08. The number of aromatic nitrogens is 3. The molecule has 0 unspecified atom stereocenters. The van der Waals surface area contributed by atoms with E-state index in [1.54, 1.807) is 0 Å². The first-order valence-corrected chi connectivity index (χ1v) is 5.04. The highest BCUT2D eigenvalue weighted by molar-refractivity contribution is 5.44. The topological polar surface area (TPSA) is 47.9 Å². The fraction of sp³-hybridized carbons (Fsp3) is 0.250. The van der Waals surface area contributed by atoms with Crippen molar-refractivity contribution in [2.45, 2.75) is 20.8 Å². The lowest BCUT2D eigenvalue weighted by Gasteiger charge is -2.10. The van der Waals surface area contributed by atoms with Crippen molar-refractivity contribution in [2.24, 2.45) is 0 Å². The maximum Gasteiger partial charge on any atom is 0.324 e. The Morgan fingerprint density at radius 1 is 0.938 bits per heavy atom. The molecule has 16 heavy (non-hydrogen) atoms. The van der Waals surface area contributed by atoms with Crippen molar-refractivity contribution < 1.29 is 4.74 Å². The number of ether oxygens (including phenoxy) is 1. The second-order valence-corrected chi connectivity index (χ2v) is 3.75. The SMILES string of the molecule is Cc1cc(C)c(Oc2ncncn2)c(C)c1. The van der Waals surface area contributed by atoms with E-state index in [1.165, 1.54) is 18.2 Å². The van der Waals surface area contributed by atoms with Crippen LogP contribution < -0.4 is 4.74 Å². The van der Waals surface area contributed by atoms with Gasteiger partial charge >= 0.3 is 6.01 Å². The number of aryl methyl sites for hydroxylation is 3. The number of nitrogens with zero attached hydrogens (tertiary/aromatic N) is 3. The molecule has 0 N–H and O–H groups in total. The molecule has 0 bridgehead atoms. The summed E-state index contributed by atoms with van der Waals surface area (Å²) < 4.78 is 5.63. The molecule has 0 spiro atoms. The average molecular weight is 215 g/mol. The molecule has 4 nitrogen and oxygen atoms in total. The molecule has 0 saturated heterocycles. The van der Waals surface area contributed by atoms with Gasteiger partial charge in [-0.25, -0.2) is 4.98 Å². The summed E-state index contributed by atoms with van der Waals surface area (Å²) in [6, 6.07) is 4.47. The van der Waals surface area contributed by atoms with Crippen LogP contribution in [-0.2, 0) is 0 Å². The summed E-state index contributed by atoms with van der Waals surface area (Å²) in [6.07, 6.45) is 2.84. The number of hydrogen-bond acceptors (Lipinski definition) is 4. The fourth-order valence-corrected chi connectivity index (χ4v) is 1.70. The van der Waals surface area contributed by atoms with E-state index >= 15 is 0 Å². The summed E-state index contributed by atoms with van der Waals surface area (Å²) in [5.74, 6) is 0.816. The fourth-order valence-electron chi connectivity index (χ4n) is 1.70. The Kier molecular flexibility index (Phi) is 2.81. The number of benzene rings is 1. The summed E-state index contributed by atoms with van der Waals surface area (Å²) in [5, 5.41) is 0. The normalized spacial score (nSPS) is 10.2. The van der Waals surface area contributed by atoms with Crippen LogP contribution in [0.2, 0.25) is 0 Å². The van der Waals surface area contributed by atoms with E-state index in [0.29, 0.717) is 6.01 Å².